The molecule has 0 N–H and O–H groups in total. The van der Waals surface area contributed by atoms with Gasteiger partial charge in [0.2, 0.25) is 5.90 Å². The van der Waals surface area contributed by atoms with E-state index < -0.39 is 35.5 Å². The summed E-state index contributed by atoms with van der Waals surface area (Å²) >= 11 is 0. The first kappa shape index (κ1) is 21.0. The molecule has 0 unspecified atom stereocenters. The molecular formula is C24H18F5NO. The van der Waals surface area contributed by atoms with E-state index in [4.69, 9.17) is 4.74 Å². The van der Waals surface area contributed by atoms with Crippen LogP contribution in [0.1, 0.15) is 35.2 Å². The van der Waals surface area contributed by atoms with Gasteiger partial charge < -0.3 is 4.74 Å². The zero-order valence-electron chi connectivity index (χ0n) is 16.7. The van der Waals surface area contributed by atoms with Gasteiger partial charge in [0.25, 0.3) is 0 Å². The highest BCUT2D eigenvalue weighted by molar-refractivity contribution is 5.96. The summed E-state index contributed by atoms with van der Waals surface area (Å²) in [6.07, 6.45) is -4.82. The van der Waals surface area contributed by atoms with Crippen LogP contribution in [0, 0.1) is 18.6 Å². The van der Waals surface area contributed by atoms with Crippen LogP contribution >= 0.6 is 0 Å². The molecule has 1 heterocycles. The summed E-state index contributed by atoms with van der Waals surface area (Å²) in [5, 5.41) is 0. The fourth-order valence-electron chi connectivity index (χ4n) is 3.69. The number of aliphatic imine (C=N–C) groups is 1. The second kappa shape index (κ2) is 7.80. The zero-order chi connectivity index (χ0) is 22.3. The molecule has 0 aromatic heterocycles. The molecule has 0 saturated carbocycles. The smallest absolute Gasteiger partial charge is 0.416 e. The Morgan fingerprint density at radius 1 is 0.871 bits per heavy atom. The van der Waals surface area contributed by atoms with Gasteiger partial charge in [0.15, 0.2) is 0 Å². The molecule has 1 aliphatic rings. The molecule has 0 spiro atoms. The monoisotopic (exact) mass is 431 g/mol. The fraction of sp³-hybridized carbons (Fsp3) is 0.208. The second-order valence-corrected chi connectivity index (χ2v) is 7.45. The average molecular weight is 431 g/mol. The number of rotatable bonds is 3. The van der Waals surface area contributed by atoms with Crippen molar-refractivity contribution in [2.24, 2.45) is 4.99 Å². The second-order valence-electron chi connectivity index (χ2n) is 7.45. The van der Waals surface area contributed by atoms with Gasteiger partial charge in [-0.05, 0) is 60.4 Å². The van der Waals surface area contributed by atoms with Gasteiger partial charge in [0, 0.05) is 0 Å². The third-order valence-corrected chi connectivity index (χ3v) is 5.31. The molecule has 0 saturated heterocycles. The SMILES string of the molecule is Cc1cc(-c2ccc(C(F)(F)F)cc2)ccc1[C@@H]1N=C(c2c(F)cccc2F)O[C@@H]1C. The first-order valence-electron chi connectivity index (χ1n) is 9.62. The van der Waals surface area contributed by atoms with Crippen molar-refractivity contribution in [2.75, 3.05) is 0 Å². The van der Waals surface area contributed by atoms with Crippen LogP contribution < -0.4 is 0 Å². The van der Waals surface area contributed by atoms with Gasteiger partial charge in [-0.3, -0.25) is 0 Å². The predicted octanol–water partition coefficient (Wildman–Crippen LogP) is 6.87. The molecule has 2 nitrogen and oxygen atoms in total. The van der Waals surface area contributed by atoms with Crippen molar-refractivity contribution in [1.29, 1.82) is 0 Å². The summed E-state index contributed by atoms with van der Waals surface area (Å²) in [6, 6.07) is 13.5. The molecule has 7 heteroatoms. The van der Waals surface area contributed by atoms with Crippen LogP contribution in [0.4, 0.5) is 22.0 Å². The number of benzene rings is 3. The summed E-state index contributed by atoms with van der Waals surface area (Å²) in [7, 11) is 0. The third-order valence-electron chi connectivity index (χ3n) is 5.31. The number of ether oxygens (including phenoxy) is 1. The Kier molecular flexibility index (Phi) is 5.29. The van der Waals surface area contributed by atoms with Crippen LogP contribution in [-0.4, -0.2) is 12.0 Å². The number of hydrogen-bond donors (Lipinski definition) is 0. The van der Waals surface area contributed by atoms with Gasteiger partial charge >= 0.3 is 6.18 Å². The van der Waals surface area contributed by atoms with Gasteiger partial charge in [0.1, 0.15) is 29.3 Å². The lowest BCUT2D eigenvalue weighted by Gasteiger charge is -2.16. The normalized spacial score (nSPS) is 18.6. The highest BCUT2D eigenvalue weighted by Gasteiger charge is 2.33. The van der Waals surface area contributed by atoms with Crippen LogP contribution in [0.5, 0.6) is 0 Å². The van der Waals surface area contributed by atoms with E-state index >= 15 is 0 Å². The summed E-state index contributed by atoms with van der Waals surface area (Å²) in [6.45, 7) is 3.62. The predicted molar refractivity (Wildman–Crippen MR) is 108 cm³/mol. The van der Waals surface area contributed by atoms with Crippen molar-refractivity contribution < 1.29 is 26.7 Å². The molecule has 0 amide bonds. The van der Waals surface area contributed by atoms with E-state index in [0.29, 0.717) is 5.56 Å². The van der Waals surface area contributed by atoms with Crippen molar-refractivity contribution in [3.63, 3.8) is 0 Å². The molecule has 0 aliphatic carbocycles. The number of alkyl halides is 3. The molecular weight excluding hydrogens is 413 g/mol. The van der Waals surface area contributed by atoms with Crippen molar-refractivity contribution in [2.45, 2.75) is 32.2 Å². The Bertz CT molecular complexity index is 1130. The van der Waals surface area contributed by atoms with E-state index in [2.05, 4.69) is 4.99 Å². The molecule has 1 aliphatic heterocycles. The zero-order valence-corrected chi connectivity index (χ0v) is 16.7. The quantitative estimate of drug-likeness (QED) is 0.415. The first-order chi connectivity index (χ1) is 14.6. The summed E-state index contributed by atoms with van der Waals surface area (Å²) < 4.78 is 72.2. The molecule has 31 heavy (non-hydrogen) atoms. The van der Waals surface area contributed by atoms with Crippen molar-refractivity contribution in [1.82, 2.24) is 0 Å². The lowest BCUT2D eigenvalue weighted by atomic mass is 9.94. The average Bonchev–Trinajstić information content (AvgIpc) is 3.08. The molecule has 0 fully saturated rings. The highest BCUT2D eigenvalue weighted by Crippen LogP contribution is 2.36. The third kappa shape index (κ3) is 4.04. The molecule has 160 valence electrons. The Hall–Kier alpha value is -3.22. The van der Waals surface area contributed by atoms with Gasteiger partial charge in [-0.25, -0.2) is 13.8 Å². The van der Waals surface area contributed by atoms with Crippen LogP contribution in [0.15, 0.2) is 65.7 Å². The topological polar surface area (TPSA) is 21.6 Å². The van der Waals surface area contributed by atoms with E-state index in [0.717, 1.165) is 41.0 Å². The van der Waals surface area contributed by atoms with Gasteiger partial charge in [-0.1, -0.05) is 36.4 Å². The van der Waals surface area contributed by atoms with Crippen molar-refractivity contribution >= 4 is 5.90 Å². The maximum atomic E-state index is 14.1. The maximum Gasteiger partial charge on any atom is 0.416 e. The molecule has 0 radical (unpaired) electrons. The number of aryl methyl sites for hydroxylation is 1. The van der Waals surface area contributed by atoms with Crippen molar-refractivity contribution in [3.8, 4) is 11.1 Å². The van der Waals surface area contributed by atoms with E-state index in [1.54, 1.807) is 13.0 Å². The minimum atomic E-state index is -4.38. The van der Waals surface area contributed by atoms with Gasteiger partial charge in [-0.2, -0.15) is 13.2 Å². The number of hydrogen-bond acceptors (Lipinski definition) is 2. The molecule has 0 bridgehead atoms. The van der Waals surface area contributed by atoms with E-state index in [1.165, 1.54) is 18.2 Å². The van der Waals surface area contributed by atoms with E-state index in [1.807, 2.05) is 19.1 Å². The first-order valence-corrected chi connectivity index (χ1v) is 9.62. The minimum Gasteiger partial charge on any atom is -0.472 e. The highest BCUT2D eigenvalue weighted by atomic mass is 19.4. The van der Waals surface area contributed by atoms with Crippen LogP contribution in [0.3, 0.4) is 0 Å². The lowest BCUT2D eigenvalue weighted by Crippen LogP contribution is -2.14. The molecule has 2 atom stereocenters. The number of halogens is 5. The molecule has 4 rings (SSSR count). The summed E-state index contributed by atoms with van der Waals surface area (Å²) in [5.41, 5.74) is 2.06. The Morgan fingerprint density at radius 3 is 2.06 bits per heavy atom. The molecule has 3 aromatic rings. The minimum absolute atomic E-state index is 0.0840. The largest absolute Gasteiger partial charge is 0.472 e. The standard InChI is InChI=1S/C24H18F5NO/c1-13-12-16(15-6-9-17(10-7-15)24(27,28)29)8-11-18(13)22-14(2)31-23(30-22)21-19(25)4-3-5-20(21)26/h3-12,14,22H,1-2H3/t14-,22-/m1/s1. The van der Waals surface area contributed by atoms with Crippen LogP contribution in [-0.2, 0) is 10.9 Å². The Balaban J connectivity index is 1.64. The van der Waals surface area contributed by atoms with E-state index in [-0.39, 0.29) is 11.5 Å². The Morgan fingerprint density at radius 2 is 1.48 bits per heavy atom. The maximum absolute atomic E-state index is 14.1. The van der Waals surface area contributed by atoms with E-state index in [9.17, 15) is 22.0 Å². The van der Waals surface area contributed by atoms with Gasteiger partial charge in [0.05, 0.1) is 5.56 Å². The van der Waals surface area contributed by atoms with Crippen LogP contribution in [0.25, 0.3) is 11.1 Å². The van der Waals surface area contributed by atoms with Crippen molar-refractivity contribution in [3.05, 3.63) is 94.6 Å². The lowest BCUT2D eigenvalue weighted by molar-refractivity contribution is -0.137. The number of nitrogens with zero attached hydrogens (tertiary/aromatic N) is 1. The van der Waals surface area contributed by atoms with Gasteiger partial charge in [-0.15, -0.1) is 0 Å². The molecule has 3 aromatic carbocycles. The Labute approximate surface area is 176 Å². The van der Waals surface area contributed by atoms with Crippen LogP contribution in [0.2, 0.25) is 0 Å². The summed E-state index contributed by atoms with van der Waals surface area (Å²) in [5.74, 6) is -1.58. The summed E-state index contributed by atoms with van der Waals surface area (Å²) in [4.78, 5) is 4.42. The fourth-order valence-corrected chi connectivity index (χ4v) is 3.69.